The first-order valence-corrected chi connectivity index (χ1v) is 7.31. The predicted octanol–water partition coefficient (Wildman–Crippen LogP) is 2.61. The number of hydrogen-bond acceptors (Lipinski definition) is 4. The van der Waals surface area contributed by atoms with Crippen LogP contribution >= 0.6 is 0 Å². The van der Waals surface area contributed by atoms with Crippen molar-refractivity contribution in [3.8, 4) is 0 Å². The van der Waals surface area contributed by atoms with Gasteiger partial charge in [-0.1, -0.05) is 13.8 Å². The van der Waals surface area contributed by atoms with E-state index < -0.39 is 0 Å². The van der Waals surface area contributed by atoms with Crippen LogP contribution in [-0.2, 0) is 0 Å². The van der Waals surface area contributed by atoms with Crippen LogP contribution in [-0.4, -0.2) is 29.1 Å². The van der Waals surface area contributed by atoms with Gasteiger partial charge in [-0.25, -0.2) is 9.97 Å². The van der Waals surface area contributed by atoms with Gasteiger partial charge in [-0.3, -0.25) is 0 Å². The summed E-state index contributed by atoms with van der Waals surface area (Å²) >= 11 is 0. The maximum Gasteiger partial charge on any atom is 0.225 e. The number of hydrogen-bond donors (Lipinski definition) is 1. The molecular weight excluding hydrogens is 236 g/mol. The van der Waals surface area contributed by atoms with Crippen LogP contribution in [0, 0.1) is 6.92 Å². The van der Waals surface area contributed by atoms with Gasteiger partial charge in [-0.05, 0) is 44.6 Å². The van der Waals surface area contributed by atoms with Crippen molar-refractivity contribution >= 4 is 5.95 Å². The Morgan fingerprint density at radius 3 is 2.42 bits per heavy atom. The van der Waals surface area contributed by atoms with Gasteiger partial charge in [-0.2, -0.15) is 0 Å². The van der Waals surface area contributed by atoms with Gasteiger partial charge in [0.1, 0.15) is 0 Å². The third kappa shape index (κ3) is 3.44. The number of aromatic nitrogens is 2. The van der Waals surface area contributed by atoms with Gasteiger partial charge in [0, 0.05) is 30.5 Å². The van der Waals surface area contributed by atoms with Crippen molar-refractivity contribution in [3.05, 3.63) is 17.5 Å². The molecule has 0 bridgehead atoms. The lowest BCUT2D eigenvalue weighted by Gasteiger charge is -2.33. The first-order chi connectivity index (χ1) is 8.97. The van der Waals surface area contributed by atoms with Gasteiger partial charge in [0.25, 0.3) is 0 Å². The minimum atomic E-state index is 0.384. The molecule has 0 unspecified atom stereocenters. The van der Waals surface area contributed by atoms with Crippen LogP contribution in [0.1, 0.15) is 56.8 Å². The first-order valence-electron chi connectivity index (χ1n) is 7.31. The summed E-state index contributed by atoms with van der Waals surface area (Å²) in [5, 5.41) is 0. The Morgan fingerprint density at radius 1 is 1.21 bits per heavy atom. The lowest BCUT2D eigenvalue weighted by molar-refractivity contribution is 0.382. The van der Waals surface area contributed by atoms with Crippen LogP contribution < -0.4 is 10.6 Å². The van der Waals surface area contributed by atoms with Gasteiger partial charge in [-0.15, -0.1) is 0 Å². The standard InChI is InChI=1S/C15H26N4/c1-10(2)14-9-11(3)17-15(18-14)19(4)13-7-5-12(16)6-8-13/h9-10,12-13H,5-8,16H2,1-4H3. The molecule has 1 saturated carbocycles. The van der Waals surface area contributed by atoms with E-state index in [2.05, 4.69) is 36.8 Å². The molecule has 0 aliphatic heterocycles. The van der Waals surface area contributed by atoms with Crippen LogP contribution in [0.3, 0.4) is 0 Å². The molecule has 0 spiro atoms. The van der Waals surface area contributed by atoms with E-state index in [9.17, 15) is 0 Å². The second-order valence-electron chi connectivity index (χ2n) is 6.07. The summed E-state index contributed by atoms with van der Waals surface area (Å²) in [4.78, 5) is 11.5. The lowest BCUT2D eigenvalue weighted by Crippen LogP contribution is -2.39. The van der Waals surface area contributed by atoms with E-state index in [0.29, 0.717) is 18.0 Å². The highest BCUT2D eigenvalue weighted by Gasteiger charge is 2.24. The second kappa shape index (κ2) is 5.87. The summed E-state index contributed by atoms with van der Waals surface area (Å²) in [5.41, 5.74) is 8.15. The Hall–Kier alpha value is -1.16. The van der Waals surface area contributed by atoms with Crippen molar-refractivity contribution in [2.45, 2.75) is 64.5 Å². The highest BCUT2D eigenvalue weighted by molar-refractivity contribution is 5.33. The minimum Gasteiger partial charge on any atom is -0.341 e. The maximum atomic E-state index is 5.97. The van der Waals surface area contributed by atoms with Crippen LogP contribution in [0.2, 0.25) is 0 Å². The van der Waals surface area contributed by atoms with Gasteiger partial charge in [0.15, 0.2) is 0 Å². The summed E-state index contributed by atoms with van der Waals surface area (Å²) < 4.78 is 0. The van der Waals surface area contributed by atoms with Gasteiger partial charge >= 0.3 is 0 Å². The lowest BCUT2D eigenvalue weighted by atomic mass is 9.91. The van der Waals surface area contributed by atoms with Crippen LogP contribution in [0.25, 0.3) is 0 Å². The summed E-state index contributed by atoms with van der Waals surface area (Å²) in [6, 6.07) is 3.00. The number of rotatable bonds is 3. The minimum absolute atomic E-state index is 0.384. The molecule has 106 valence electrons. The maximum absolute atomic E-state index is 5.97. The van der Waals surface area contributed by atoms with Crippen molar-refractivity contribution in [2.75, 3.05) is 11.9 Å². The Labute approximate surface area is 116 Å². The van der Waals surface area contributed by atoms with E-state index in [1.807, 2.05) is 6.92 Å². The molecule has 0 radical (unpaired) electrons. The molecule has 0 amide bonds. The molecular formula is C15H26N4. The van der Waals surface area contributed by atoms with E-state index in [1.54, 1.807) is 0 Å². The predicted molar refractivity (Wildman–Crippen MR) is 79.5 cm³/mol. The topological polar surface area (TPSA) is 55.0 Å². The number of nitrogens with zero attached hydrogens (tertiary/aromatic N) is 3. The fourth-order valence-corrected chi connectivity index (χ4v) is 2.68. The zero-order chi connectivity index (χ0) is 14.0. The summed E-state index contributed by atoms with van der Waals surface area (Å²) in [6.07, 6.45) is 4.51. The quantitative estimate of drug-likeness (QED) is 0.909. The number of aryl methyl sites for hydroxylation is 1. The van der Waals surface area contributed by atoms with Crippen molar-refractivity contribution in [1.29, 1.82) is 0 Å². The van der Waals surface area contributed by atoms with E-state index in [4.69, 9.17) is 10.7 Å². The van der Waals surface area contributed by atoms with Gasteiger partial charge in [0.05, 0.1) is 0 Å². The molecule has 2 rings (SSSR count). The largest absolute Gasteiger partial charge is 0.341 e. The van der Waals surface area contributed by atoms with E-state index >= 15 is 0 Å². The molecule has 2 N–H and O–H groups in total. The molecule has 1 fully saturated rings. The molecule has 1 aromatic rings. The number of anilines is 1. The van der Waals surface area contributed by atoms with Crippen molar-refractivity contribution in [2.24, 2.45) is 5.73 Å². The summed E-state index contributed by atoms with van der Waals surface area (Å²) in [7, 11) is 2.11. The average molecular weight is 262 g/mol. The fourth-order valence-electron chi connectivity index (χ4n) is 2.68. The monoisotopic (exact) mass is 262 g/mol. The molecule has 1 aromatic heterocycles. The van der Waals surface area contributed by atoms with Crippen LogP contribution in [0.15, 0.2) is 6.07 Å². The Balaban J connectivity index is 2.16. The Kier molecular flexibility index (Phi) is 4.40. The third-order valence-electron chi connectivity index (χ3n) is 4.06. The van der Waals surface area contributed by atoms with E-state index in [0.717, 1.165) is 43.0 Å². The first kappa shape index (κ1) is 14.3. The smallest absolute Gasteiger partial charge is 0.225 e. The summed E-state index contributed by atoms with van der Waals surface area (Å²) in [5.74, 6) is 1.30. The summed E-state index contributed by atoms with van der Waals surface area (Å²) in [6.45, 7) is 6.39. The zero-order valence-electron chi connectivity index (χ0n) is 12.6. The third-order valence-corrected chi connectivity index (χ3v) is 4.06. The van der Waals surface area contributed by atoms with E-state index in [1.165, 1.54) is 0 Å². The van der Waals surface area contributed by atoms with Crippen molar-refractivity contribution in [1.82, 2.24) is 9.97 Å². The van der Waals surface area contributed by atoms with Gasteiger partial charge in [0.2, 0.25) is 5.95 Å². The average Bonchev–Trinajstić information content (AvgIpc) is 2.38. The molecule has 0 atom stereocenters. The molecule has 19 heavy (non-hydrogen) atoms. The van der Waals surface area contributed by atoms with E-state index in [-0.39, 0.29) is 0 Å². The van der Waals surface area contributed by atoms with Crippen molar-refractivity contribution in [3.63, 3.8) is 0 Å². The molecule has 0 aromatic carbocycles. The second-order valence-corrected chi connectivity index (χ2v) is 6.07. The van der Waals surface area contributed by atoms with Crippen LogP contribution in [0.4, 0.5) is 5.95 Å². The molecule has 1 aliphatic carbocycles. The molecule has 4 heteroatoms. The Morgan fingerprint density at radius 2 is 1.84 bits per heavy atom. The highest BCUT2D eigenvalue weighted by atomic mass is 15.3. The normalized spacial score (nSPS) is 23.7. The SMILES string of the molecule is Cc1cc(C(C)C)nc(N(C)C2CCC(N)CC2)n1. The fraction of sp³-hybridized carbons (Fsp3) is 0.733. The molecule has 1 aliphatic rings. The molecule has 1 heterocycles. The molecule has 0 saturated heterocycles. The molecule has 4 nitrogen and oxygen atoms in total. The highest BCUT2D eigenvalue weighted by Crippen LogP contribution is 2.25. The van der Waals surface area contributed by atoms with Gasteiger partial charge < -0.3 is 10.6 Å². The van der Waals surface area contributed by atoms with Crippen LogP contribution in [0.5, 0.6) is 0 Å². The van der Waals surface area contributed by atoms with Crippen molar-refractivity contribution < 1.29 is 0 Å². The number of nitrogens with two attached hydrogens (primary N) is 1. The zero-order valence-corrected chi connectivity index (χ0v) is 12.6. The Bertz CT molecular complexity index is 422.